The Morgan fingerprint density at radius 2 is 2.11 bits per heavy atom. The Labute approximate surface area is 111 Å². The third kappa shape index (κ3) is 2.46. The van der Waals surface area contributed by atoms with Crippen LogP contribution in [-0.4, -0.2) is 45.0 Å². The molecule has 0 atom stereocenters. The standard InChI is InChI=1S/C14H17N3O2/c18-14(19)11-3-4-12-9-15-13(17(12)10-11)5-8-16-6-1-2-7-16/h3-4,9-10H,1-2,5-8H2,(H,18,19). The summed E-state index contributed by atoms with van der Waals surface area (Å²) in [6, 6.07) is 3.42. The first-order valence-corrected chi connectivity index (χ1v) is 6.66. The predicted octanol–water partition coefficient (Wildman–Crippen LogP) is 1.67. The zero-order chi connectivity index (χ0) is 13.2. The summed E-state index contributed by atoms with van der Waals surface area (Å²) in [7, 11) is 0. The second kappa shape index (κ2) is 5.01. The van der Waals surface area contributed by atoms with Crippen LogP contribution in [0.3, 0.4) is 0 Å². The molecule has 0 saturated carbocycles. The Balaban J connectivity index is 1.81. The van der Waals surface area contributed by atoms with Crippen LogP contribution in [0.25, 0.3) is 5.52 Å². The van der Waals surface area contributed by atoms with Crippen molar-refractivity contribution in [2.75, 3.05) is 19.6 Å². The van der Waals surface area contributed by atoms with E-state index in [1.807, 2.05) is 4.40 Å². The molecule has 0 aromatic carbocycles. The third-order valence-electron chi connectivity index (χ3n) is 3.70. The van der Waals surface area contributed by atoms with Crippen LogP contribution in [0.2, 0.25) is 0 Å². The number of likely N-dealkylation sites (tertiary alicyclic amines) is 1. The van der Waals surface area contributed by atoms with Crippen LogP contribution in [0.15, 0.2) is 24.5 Å². The molecule has 0 radical (unpaired) electrons. The molecule has 3 heterocycles. The van der Waals surface area contributed by atoms with E-state index in [0.29, 0.717) is 5.56 Å². The number of fused-ring (bicyclic) bond motifs is 1. The lowest BCUT2D eigenvalue weighted by Crippen LogP contribution is -2.22. The van der Waals surface area contributed by atoms with Crippen molar-refractivity contribution in [3.63, 3.8) is 0 Å². The van der Waals surface area contributed by atoms with Gasteiger partial charge in [0.2, 0.25) is 0 Å². The Morgan fingerprint density at radius 1 is 1.32 bits per heavy atom. The molecule has 19 heavy (non-hydrogen) atoms. The lowest BCUT2D eigenvalue weighted by atomic mass is 10.2. The molecule has 0 spiro atoms. The SMILES string of the molecule is O=C(O)c1ccc2cnc(CCN3CCCC3)n2c1. The van der Waals surface area contributed by atoms with E-state index in [1.54, 1.807) is 24.5 Å². The Bertz CT molecular complexity index is 600. The van der Waals surface area contributed by atoms with E-state index in [9.17, 15) is 4.79 Å². The molecule has 0 unspecified atom stereocenters. The first-order valence-electron chi connectivity index (χ1n) is 6.66. The molecule has 5 nitrogen and oxygen atoms in total. The molecule has 2 aromatic rings. The molecule has 1 aliphatic heterocycles. The van der Waals surface area contributed by atoms with Gasteiger partial charge in [0, 0.05) is 19.2 Å². The summed E-state index contributed by atoms with van der Waals surface area (Å²) in [5.74, 6) is 0.0334. The molecule has 0 aliphatic carbocycles. The van der Waals surface area contributed by atoms with Crippen LogP contribution in [-0.2, 0) is 6.42 Å². The molecule has 100 valence electrons. The molecule has 2 aromatic heterocycles. The molecule has 0 bridgehead atoms. The first-order chi connectivity index (χ1) is 9.24. The van der Waals surface area contributed by atoms with Crippen LogP contribution >= 0.6 is 0 Å². The second-order valence-corrected chi connectivity index (χ2v) is 4.99. The van der Waals surface area contributed by atoms with Gasteiger partial charge >= 0.3 is 5.97 Å². The van der Waals surface area contributed by atoms with E-state index in [-0.39, 0.29) is 0 Å². The molecule has 5 heteroatoms. The van der Waals surface area contributed by atoms with Crippen molar-refractivity contribution in [1.29, 1.82) is 0 Å². The van der Waals surface area contributed by atoms with Crippen LogP contribution in [0.1, 0.15) is 29.0 Å². The highest BCUT2D eigenvalue weighted by atomic mass is 16.4. The largest absolute Gasteiger partial charge is 0.478 e. The number of imidazole rings is 1. The number of aromatic nitrogens is 2. The van der Waals surface area contributed by atoms with Crippen molar-refractivity contribution in [2.45, 2.75) is 19.3 Å². The van der Waals surface area contributed by atoms with Crippen molar-refractivity contribution < 1.29 is 9.90 Å². The third-order valence-corrected chi connectivity index (χ3v) is 3.70. The number of pyridine rings is 1. The van der Waals surface area contributed by atoms with Crippen molar-refractivity contribution in [2.24, 2.45) is 0 Å². The van der Waals surface area contributed by atoms with Gasteiger partial charge in [0.05, 0.1) is 17.3 Å². The van der Waals surface area contributed by atoms with E-state index < -0.39 is 5.97 Å². The minimum Gasteiger partial charge on any atom is -0.478 e. The highest BCUT2D eigenvalue weighted by Crippen LogP contribution is 2.12. The number of carboxylic acids is 1. The second-order valence-electron chi connectivity index (χ2n) is 4.99. The quantitative estimate of drug-likeness (QED) is 0.907. The molecule has 1 aliphatic rings. The van der Waals surface area contributed by atoms with Gasteiger partial charge in [-0.15, -0.1) is 0 Å². The topological polar surface area (TPSA) is 57.8 Å². The number of aromatic carboxylic acids is 1. The summed E-state index contributed by atoms with van der Waals surface area (Å²) in [6.45, 7) is 3.34. The maximum absolute atomic E-state index is 11.0. The monoisotopic (exact) mass is 259 g/mol. The number of hydrogen-bond acceptors (Lipinski definition) is 3. The van der Waals surface area contributed by atoms with Crippen LogP contribution in [0, 0.1) is 0 Å². The Kier molecular flexibility index (Phi) is 3.21. The number of carbonyl (C=O) groups is 1. The predicted molar refractivity (Wildman–Crippen MR) is 71.5 cm³/mol. The fraction of sp³-hybridized carbons (Fsp3) is 0.429. The molecular weight excluding hydrogens is 242 g/mol. The number of nitrogens with zero attached hydrogens (tertiary/aromatic N) is 3. The normalized spacial score (nSPS) is 16.2. The Hall–Kier alpha value is -1.88. The fourth-order valence-electron chi connectivity index (χ4n) is 2.62. The van der Waals surface area contributed by atoms with Gasteiger partial charge in [-0.25, -0.2) is 9.78 Å². The summed E-state index contributed by atoms with van der Waals surface area (Å²) in [4.78, 5) is 17.8. The van der Waals surface area contributed by atoms with Crippen molar-refractivity contribution in [3.05, 3.63) is 35.9 Å². The number of carboxylic acid groups (broad SMARTS) is 1. The van der Waals surface area contributed by atoms with E-state index in [1.165, 1.54) is 25.9 Å². The van der Waals surface area contributed by atoms with E-state index in [0.717, 1.165) is 24.3 Å². The van der Waals surface area contributed by atoms with Gasteiger partial charge in [0.1, 0.15) is 5.82 Å². The average molecular weight is 259 g/mol. The first kappa shape index (κ1) is 12.2. The summed E-state index contributed by atoms with van der Waals surface area (Å²) >= 11 is 0. The maximum atomic E-state index is 11.0. The smallest absolute Gasteiger partial charge is 0.337 e. The van der Waals surface area contributed by atoms with E-state index >= 15 is 0 Å². The van der Waals surface area contributed by atoms with Gasteiger partial charge in [0.15, 0.2) is 0 Å². The molecule has 0 amide bonds. The molecule has 1 fully saturated rings. The lowest BCUT2D eigenvalue weighted by Gasteiger charge is -2.13. The van der Waals surface area contributed by atoms with Crippen molar-refractivity contribution in [3.8, 4) is 0 Å². The van der Waals surface area contributed by atoms with Crippen LogP contribution < -0.4 is 0 Å². The van der Waals surface area contributed by atoms with E-state index in [2.05, 4.69) is 9.88 Å². The highest BCUT2D eigenvalue weighted by Gasteiger charge is 2.13. The minimum atomic E-state index is -0.902. The van der Waals surface area contributed by atoms with Crippen molar-refractivity contribution in [1.82, 2.24) is 14.3 Å². The van der Waals surface area contributed by atoms with Gasteiger partial charge in [0.25, 0.3) is 0 Å². The summed E-state index contributed by atoms with van der Waals surface area (Å²) in [6.07, 6.45) is 6.88. The number of hydrogen-bond donors (Lipinski definition) is 1. The zero-order valence-electron chi connectivity index (χ0n) is 10.7. The van der Waals surface area contributed by atoms with Gasteiger partial charge in [-0.3, -0.25) is 0 Å². The van der Waals surface area contributed by atoms with Gasteiger partial charge in [-0.1, -0.05) is 0 Å². The average Bonchev–Trinajstić information content (AvgIpc) is 3.05. The fourth-order valence-corrected chi connectivity index (χ4v) is 2.62. The van der Waals surface area contributed by atoms with Gasteiger partial charge in [-0.2, -0.15) is 0 Å². The van der Waals surface area contributed by atoms with Gasteiger partial charge in [-0.05, 0) is 38.1 Å². The summed E-state index contributed by atoms with van der Waals surface area (Å²) in [5.41, 5.74) is 1.24. The summed E-state index contributed by atoms with van der Waals surface area (Å²) in [5, 5.41) is 9.03. The maximum Gasteiger partial charge on any atom is 0.337 e. The van der Waals surface area contributed by atoms with Crippen LogP contribution in [0.5, 0.6) is 0 Å². The Morgan fingerprint density at radius 3 is 2.84 bits per heavy atom. The number of rotatable bonds is 4. The highest BCUT2D eigenvalue weighted by molar-refractivity contribution is 5.87. The minimum absolute atomic E-state index is 0.299. The van der Waals surface area contributed by atoms with Crippen LogP contribution in [0.4, 0.5) is 0 Å². The van der Waals surface area contributed by atoms with Crippen molar-refractivity contribution >= 4 is 11.5 Å². The lowest BCUT2D eigenvalue weighted by molar-refractivity contribution is 0.0696. The molecule has 1 N–H and O–H groups in total. The summed E-state index contributed by atoms with van der Waals surface area (Å²) < 4.78 is 1.89. The van der Waals surface area contributed by atoms with E-state index in [4.69, 9.17) is 5.11 Å². The zero-order valence-corrected chi connectivity index (χ0v) is 10.7. The molecule has 1 saturated heterocycles. The molecular formula is C14H17N3O2. The van der Waals surface area contributed by atoms with Gasteiger partial charge < -0.3 is 14.4 Å². The molecule has 3 rings (SSSR count).